The van der Waals surface area contributed by atoms with Crippen LogP contribution in [0.15, 0.2) is 23.1 Å². The van der Waals surface area contributed by atoms with E-state index in [1.165, 1.54) is 6.92 Å². The molecule has 14 heavy (non-hydrogen) atoms. The van der Waals surface area contributed by atoms with Crippen LogP contribution in [0.4, 0.5) is 5.69 Å². The third kappa shape index (κ3) is 2.40. The molecule has 0 radical (unpaired) electrons. The second-order valence-corrected chi connectivity index (χ2v) is 2.98. The smallest absolute Gasteiger partial charge is 0.285 e. The minimum Gasteiger partial charge on any atom is -0.392 e. The number of hydrogen-bond donors (Lipinski definition) is 1. The molecule has 0 bridgehead atoms. The van der Waals surface area contributed by atoms with Crippen LogP contribution in [0, 0.1) is 10.1 Å². The minimum absolute atomic E-state index is 0.0561. The predicted octanol–water partition coefficient (Wildman–Crippen LogP) is 0.137. The van der Waals surface area contributed by atoms with Gasteiger partial charge in [0.15, 0.2) is 0 Å². The Labute approximate surface area is 79.6 Å². The van der Waals surface area contributed by atoms with Crippen LogP contribution < -0.4 is 5.56 Å². The van der Waals surface area contributed by atoms with Crippen molar-refractivity contribution < 1.29 is 10.0 Å². The lowest BCUT2D eigenvalue weighted by Crippen LogP contribution is -2.24. The summed E-state index contributed by atoms with van der Waals surface area (Å²) in [5.41, 5.74) is -0.526. The lowest BCUT2D eigenvalue weighted by molar-refractivity contribution is -0.385. The van der Waals surface area contributed by atoms with Gasteiger partial charge in [0.25, 0.3) is 11.2 Å². The Balaban J connectivity index is 3.08. The number of rotatable bonds is 3. The van der Waals surface area contributed by atoms with Crippen molar-refractivity contribution in [1.82, 2.24) is 4.57 Å². The number of nitro groups is 1. The highest BCUT2D eigenvalue weighted by atomic mass is 16.6. The monoisotopic (exact) mass is 198 g/mol. The van der Waals surface area contributed by atoms with E-state index in [0.29, 0.717) is 0 Å². The second kappa shape index (κ2) is 4.01. The highest BCUT2D eigenvalue weighted by Gasteiger charge is 2.08. The number of hydrogen-bond acceptors (Lipinski definition) is 4. The quantitative estimate of drug-likeness (QED) is 0.552. The van der Waals surface area contributed by atoms with Gasteiger partial charge in [-0.3, -0.25) is 14.9 Å². The molecular formula is C8H10N2O4. The van der Waals surface area contributed by atoms with Crippen molar-refractivity contribution in [2.24, 2.45) is 0 Å². The topological polar surface area (TPSA) is 85.4 Å². The van der Waals surface area contributed by atoms with Gasteiger partial charge in [0.1, 0.15) is 0 Å². The Morgan fingerprint density at radius 2 is 2.29 bits per heavy atom. The van der Waals surface area contributed by atoms with E-state index in [2.05, 4.69) is 0 Å². The van der Waals surface area contributed by atoms with E-state index in [-0.39, 0.29) is 17.8 Å². The van der Waals surface area contributed by atoms with Crippen molar-refractivity contribution in [3.05, 3.63) is 38.8 Å². The first-order valence-corrected chi connectivity index (χ1v) is 4.03. The normalized spacial score (nSPS) is 12.4. The molecule has 0 aliphatic carbocycles. The van der Waals surface area contributed by atoms with Crippen molar-refractivity contribution >= 4 is 5.69 Å². The van der Waals surface area contributed by atoms with Crippen LogP contribution in [0.25, 0.3) is 0 Å². The van der Waals surface area contributed by atoms with Crippen molar-refractivity contribution in [2.75, 3.05) is 0 Å². The molecular weight excluding hydrogens is 188 g/mol. The van der Waals surface area contributed by atoms with E-state index in [4.69, 9.17) is 5.11 Å². The Kier molecular flexibility index (Phi) is 2.98. The molecule has 1 aromatic rings. The third-order valence-corrected chi connectivity index (χ3v) is 1.64. The standard InChI is InChI=1S/C8H10N2O4/c1-6(11)4-9-5-7(10(13)14)2-3-8(9)12/h2-3,5-6,11H,4H2,1H3. The SMILES string of the molecule is CC(O)Cn1cc([N+](=O)[O-])ccc1=O. The summed E-state index contributed by atoms with van der Waals surface area (Å²) in [4.78, 5) is 21.0. The Morgan fingerprint density at radius 1 is 1.64 bits per heavy atom. The molecule has 0 saturated heterocycles. The van der Waals surface area contributed by atoms with Gasteiger partial charge in [-0.1, -0.05) is 0 Å². The van der Waals surface area contributed by atoms with Crippen LogP contribution in [0.3, 0.4) is 0 Å². The molecule has 0 aliphatic heterocycles. The van der Waals surface area contributed by atoms with E-state index in [1.807, 2.05) is 0 Å². The van der Waals surface area contributed by atoms with Crippen molar-refractivity contribution in [3.8, 4) is 0 Å². The lowest BCUT2D eigenvalue weighted by atomic mass is 10.3. The summed E-state index contributed by atoms with van der Waals surface area (Å²) in [7, 11) is 0. The van der Waals surface area contributed by atoms with E-state index in [1.54, 1.807) is 0 Å². The molecule has 0 aliphatic rings. The van der Waals surface area contributed by atoms with E-state index in [0.717, 1.165) is 22.9 Å². The number of aromatic nitrogens is 1. The number of pyridine rings is 1. The van der Waals surface area contributed by atoms with Crippen LogP contribution in [0.5, 0.6) is 0 Å². The molecule has 1 unspecified atom stereocenters. The zero-order chi connectivity index (χ0) is 10.7. The zero-order valence-corrected chi connectivity index (χ0v) is 7.58. The molecule has 6 nitrogen and oxygen atoms in total. The maximum Gasteiger partial charge on any atom is 0.285 e. The molecule has 6 heteroatoms. The summed E-state index contributed by atoms with van der Waals surface area (Å²) < 4.78 is 1.11. The first-order chi connectivity index (χ1) is 6.50. The molecule has 1 aromatic heterocycles. The van der Waals surface area contributed by atoms with Crippen LogP contribution >= 0.6 is 0 Å². The van der Waals surface area contributed by atoms with Crippen molar-refractivity contribution in [2.45, 2.75) is 19.6 Å². The Morgan fingerprint density at radius 3 is 2.79 bits per heavy atom. The summed E-state index contributed by atoms with van der Waals surface area (Å²) in [5.74, 6) is 0. The molecule has 1 heterocycles. The van der Waals surface area contributed by atoms with Gasteiger partial charge in [-0.25, -0.2) is 0 Å². The average molecular weight is 198 g/mol. The summed E-state index contributed by atoms with van der Waals surface area (Å²) >= 11 is 0. The van der Waals surface area contributed by atoms with Gasteiger partial charge in [0.2, 0.25) is 0 Å². The molecule has 0 saturated carbocycles. The maximum absolute atomic E-state index is 11.2. The van der Waals surface area contributed by atoms with Gasteiger partial charge in [0.05, 0.1) is 23.8 Å². The lowest BCUT2D eigenvalue weighted by Gasteiger charge is -2.06. The van der Waals surface area contributed by atoms with Crippen LogP contribution in [0.1, 0.15) is 6.92 Å². The van der Waals surface area contributed by atoms with Crippen LogP contribution in [-0.4, -0.2) is 20.7 Å². The predicted molar refractivity (Wildman–Crippen MR) is 49.0 cm³/mol. The number of aliphatic hydroxyl groups excluding tert-OH is 1. The number of nitrogens with zero attached hydrogens (tertiary/aromatic N) is 2. The molecule has 0 spiro atoms. The van der Waals surface area contributed by atoms with Gasteiger partial charge in [-0.05, 0) is 6.92 Å². The fourth-order valence-electron chi connectivity index (χ4n) is 1.05. The van der Waals surface area contributed by atoms with E-state index < -0.39 is 11.0 Å². The molecule has 0 amide bonds. The summed E-state index contributed by atoms with van der Waals surface area (Å²) in [6.45, 7) is 1.56. The highest BCUT2D eigenvalue weighted by Crippen LogP contribution is 2.06. The highest BCUT2D eigenvalue weighted by molar-refractivity contribution is 5.24. The van der Waals surface area contributed by atoms with E-state index in [9.17, 15) is 14.9 Å². The van der Waals surface area contributed by atoms with Crippen LogP contribution in [-0.2, 0) is 6.54 Å². The molecule has 1 N–H and O–H groups in total. The summed E-state index contributed by atoms with van der Waals surface area (Å²) in [6.07, 6.45) is 0.407. The molecule has 0 fully saturated rings. The van der Waals surface area contributed by atoms with Gasteiger partial charge in [0, 0.05) is 12.1 Å². The Bertz CT molecular complexity index is 397. The number of aliphatic hydroxyl groups is 1. The van der Waals surface area contributed by atoms with Gasteiger partial charge >= 0.3 is 0 Å². The van der Waals surface area contributed by atoms with Gasteiger partial charge < -0.3 is 9.67 Å². The first kappa shape index (κ1) is 10.4. The van der Waals surface area contributed by atoms with E-state index >= 15 is 0 Å². The van der Waals surface area contributed by atoms with Gasteiger partial charge in [-0.2, -0.15) is 0 Å². The summed E-state index contributed by atoms with van der Waals surface area (Å²) in [6, 6.07) is 2.25. The van der Waals surface area contributed by atoms with Crippen LogP contribution in [0.2, 0.25) is 0 Å². The Hall–Kier alpha value is -1.69. The van der Waals surface area contributed by atoms with Crippen molar-refractivity contribution in [1.29, 1.82) is 0 Å². The summed E-state index contributed by atoms with van der Waals surface area (Å²) in [5, 5.41) is 19.4. The molecule has 76 valence electrons. The molecule has 0 aromatic carbocycles. The first-order valence-electron chi connectivity index (χ1n) is 4.03. The minimum atomic E-state index is -0.713. The largest absolute Gasteiger partial charge is 0.392 e. The fourth-order valence-corrected chi connectivity index (χ4v) is 1.05. The van der Waals surface area contributed by atoms with Crippen molar-refractivity contribution in [3.63, 3.8) is 0 Å². The molecule has 1 rings (SSSR count). The second-order valence-electron chi connectivity index (χ2n) is 2.98. The zero-order valence-electron chi connectivity index (χ0n) is 7.58. The average Bonchev–Trinajstić information content (AvgIpc) is 2.07. The molecule has 1 atom stereocenters. The fraction of sp³-hybridized carbons (Fsp3) is 0.375. The third-order valence-electron chi connectivity index (χ3n) is 1.64. The maximum atomic E-state index is 11.2. The van der Waals surface area contributed by atoms with Gasteiger partial charge in [-0.15, -0.1) is 0 Å².